The number of amides is 2. The number of hydrogen-bond donors (Lipinski definition) is 2. The number of rotatable bonds is 4. The lowest BCUT2D eigenvalue weighted by atomic mass is 10.3. The summed E-state index contributed by atoms with van der Waals surface area (Å²) >= 11 is 1.62. The van der Waals surface area contributed by atoms with Crippen LogP contribution in [0.2, 0.25) is 0 Å². The van der Waals surface area contributed by atoms with Crippen LogP contribution in [0.1, 0.15) is 36.6 Å². The first-order valence-corrected chi connectivity index (χ1v) is 6.90. The third-order valence-electron chi connectivity index (χ3n) is 2.80. The molecule has 0 saturated heterocycles. The largest absolute Gasteiger partial charge is 0.331 e. The normalized spacial score (nSPS) is 13.8. The maximum absolute atomic E-state index is 11.9. The van der Waals surface area contributed by atoms with Crippen LogP contribution in [-0.4, -0.2) is 20.8 Å². The minimum Gasteiger partial charge on any atom is -0.331 e. The minimum absolute atomic E-state index is 0.00769. The van der Waals surface area contributed by atoms with Crippen molar-refractivity contribution in [3.05, 3.63) is 34.5 Å². The average Bonchev–Trinajstić information content (AvgIpc) is 2.98. The molecule has 0 aliphatic carbocycles. The van der Waals surface area contributed by atoms with E-state index in [-0.39, 0.29) is 18.1 Å². The first-order chi connectivity index (χ1) is 9.08. The number of carbonyl (C=O) groups excluding carboxylic acids is 1. The third kappa shape index (κ3) is 3.31. The topological polar surface area (TPSA) is 71.8 Å². The standard InChI is InChI=1S/C12H17N5OS/c1-8(10-5-4-6-19-10)14-12(18)15-9(2)11-16-13-7-17(11)3/h4-9H,1-3H3,(H2,14,15,18). The lowest BCUT2D eigenvalue weighted by Gasteiger charge is -2.17. The van der Waals surface area contributed by atoms with Crippen molar-refractivity contribution in [3.8, 4) is 0 Å². The number of hydrogen-bond acceptors (Lipinski definition) is 4. The van der Waals surface area contributed by atoms with Crippen LogP contribution < -0.4 is 10.6 Å². The Bertz CT molecular complexity index is 536. The average molecular weight is 279 g/mol. The highest BCUT2D eigenvalue weighted by Crippen LogP contribution is 2.18. The molecule has 0 saturated carbocycles. The van der Waals surface area contributed by atoms with E-state index in [0.29, 0.717) is 0 Å². The second-order valence-electron chi connectivity index (χ2n) is 4.38. The van der Waals surface area contributed by atoms with E-state index in [2.05, 4.69) is 20.8 Å². The Kier molecular flexibility index (Phi) is 4.16. The number of aromatic nitrogens is 3. The van der Waals surface area contributed by atoms with Crippen molar-refractivity contribution in [2.24, 2.45) is 7.05 Å². The molecule has 7 heteroatoms. The van der Waals surface area contributed by atoms with Crippen molar-refractivity contribution in [3.63, 3.8) is 0 Å². The second kappa shape index (κ2) is 5.83. The Morgan fingerprint density at radius 2 is 2.11 bits per heavy atom. The molecule has 0 bridgehead atoms. The predicted molar refractivity (Wildman–Crippen MR) is 73.8 cm³/mol. The van der Waals surface area contributed by atoms with Crippen LogP contribution in [0.25, 0.3) is 0 Å². The molecule has 0 aliphatic heterocycles. The monoisotopic (exact) mass is 279 g/mol. The molecule has 2 unspecified atom stereocenters. The van der Waals surface area contributed by atoms with Gasteiger partial charge in [-0.1, -0.05) is 6.07 Å². The fourth-order valence-corrected chi connectivity index (χ4v) is 2.53. The number of nitrogens with one attached hydrogen (secondary N) is 2. The zero-order valence-corrected chi connectivity index (χ0v) is 11.9. The molecule has 2 rings (SSSR count). The molecule has 6 nitrogen and oxygen atoms in total. The zero-order chi connectivity index (χ0) is 13.8. The molecular weight excluding hydrogens is 262 g/mol. The van der Waals surface area contributed by atoms with Crippen LogP contribution in [0.5, 0.6) is 0 Å². The SMILES string of the molecule is CC(NC(=O)NC(C)c1nncn1C)c1cccs1. The van der Waals surface area contributed by atoms with Crippen LogP contribution >= 0.6 is 11.3 Å². The van der Waals surface area contributed by atoms with E-state index in [1.807, 2.05) is 38.4 Å². The molecule has 2 heterocycles. The Hall–Kier alpha value is -1.89. The highest BCUT2D eigenvalue weighted by Gasteiger charge is 2.16. The molecular formula is C12H17N5OS. The van der Waals surface area contributed by atoms with Gasteiger partial charge in [0.15, 0.2) is 5.82 Å². The summed E-state index contributed by atoms with van der Waals surface area (Å²) in [6.07, 6.45) is 1.61. The van der Waals surface area contributed by atoms with Gasteiger partial charge in [0.25, 0.3) is 0 Å². The highest BCUT2D eigenvalue weighted by molar-refractivity contribution is 7.10. The summed E-state index contributed by atoms with van der Waals surface area (Å²) in [5.74, 6) is 0.721. The summed E-state index contributed by atoms with van der Waals surface area (Å²) in [5.41, 5.74) is 0. The summed E-state index contributed by atoms with van der Waals surface area (Å²) in [6.45, 7) is 3.83. The molecule has 0 radical (unpaired) electrons. The minimum atomic E-state index is -0.212. The van der Waals surface area contributed by atoms with Gasteiger partial charge in [-0.3, -0.25) is 0 Å². The first-order valence-electron chi connectivity index (χ1n) is 6.02. The Labute approximate surface area is 115 Å². The Balaban J connectivity index is 1.89. The lowest BCUT2D eigenvalue weighted by Crippen LogP contribution is -2.38. The number of nitrogens with zero attached hydrogens (tertiary/aromatic N) is 3. The van der Waals surface area contributed by atoms with Gasteiger partial charge in [0.2, 0.25) is 0 Å². The summed E-state index contributed by atoms with van der Waals surface area (Å²) in [4.78, 5) is 13.0. The molecule has 2 amide bonds. The second-order valence-corrected chi connectivity index (χ2v) is 5.36. The van der Waals surface area contributed by atoms with E-state index < -0.39 is 0 Å². The smallest absolute Gasteiger partial charge is 0.315 e. The Morgan fingerprint density at radius 3 is 2.68 bits per heavy atom. The molecule has 19 heavy (non-hydrogen) atoms. The van der Waals surface area contributed by atoms with Crippen LogP contribution in [0.3, 0.4) is 0 Å². The lowest BCUT2D eigenvalue weighted by molar-refractivity contribution is 0.234. The van der Waals surface area contributed by atoms with Crippen molar-refractivity contribution in [2.45, 2.75) is 25.9 Å². The van der Waals surface area contributed by atoms with E-state index >= 15 is 0 Å². The zero-order valence-electron chi connectivity index (χ0n) is 11.1. The molecule has 2 aromatic heterocycles. The number of carbonyl (C=O) groups is 1. The molecule has 2 aromatic rings. The van der Waals surface area contributed by atoms with Gasteiger partial charge in [-0.25, -0.2) is 4.79 Å². The van der Waals surface area contributed by atoms with Crippen molar-refractivity contribution >= 4 is 17.4 Å². The first kappa shape index (κ1) is 13.5. The fraction of sp³-hybridized carbons (Fsp3) is 0.417. The maximum Gasteiger partial charge on any atom is 0.315 e. The van der Waals surface area contributed by atoms with Crippen LogP contribution in [-0.2, 0) is 7.05 Å². The van der Waals surface area contributed by atoms with Gasteiger partial charge < -0.3 is 15.2 Å². The molecule has 0 aromatic carbocycles. The quantitative estimate of drug-likeness (QED) is 0.899. The summed E-state index contributed by atoms with van der Waals surface area (Å²) < 4.78 is 1.79. The third-order valence-corrected chi connectivity index (χ3v) is 3.85. The molecule has 2 N–H and O–H groups in total. The van der Waals surface area contributed by atoms with Gasteiger partial charge in [0, 0.05) is 11.9 Å². The Morgan fingerprint density at radius 1 is 1.37 bits per heavy atom. The number of thiophene rings is 1. The van der Waals surface area contributed by atoms with Gasteiger partial charge in [-0.2, -0.15) is 0 Å². The van der Waals surface area contributed by atoms with Gasteiger partial charge >= 0.3 is 6.03 Å². The molecule has 0 aliphatic rings. The van der Waals surface area contributed by atoms with Crippen molar-refractivity contribution in [1.29, 1.82) is 0 Å². The molecule has 0 fully saturated rings. The van der Waals surface area contributed by atoms with E-state index in [9.17, 15) is 4.79 Å². The van der Waals surface area contributed by atoms with Crippen LogP contribution in [0.15, 0.2) is 23.8 Å². The number of urea groups is 1. The van der Waals surface area contributed by atoms with E-state index in [4.69, 9.17) is 0 Å². The van der Waals surface area contributed by atoms with Crippen molar-refractivity contribution in [2.75, 3.05) is 0 Å². The van der Waals surface area contributed by atoms with Gasteiger partial charge in [0.1, 0.15) is 6.33 Å². The van der Waals surface area contributed by atoms with Crippen molar-refractivity contribution < 1.29 is 4.79 Å². The number of aryl methyl sites for hydroxylation is 1. The maximum atomic E-state index is 11.9. The van der Waals surface area contributed by atoms with E-state index in [1.54, 1.807) is 22.2 Å². The molecule has 0 spiro atoms. The summed E-state index contributed by atoms with van der Waals surface area (Å²) in [7, 11) is 1.85. The van der Waals surface area contributed by atoms with Crippen LogP contribution in [0, 0.1) is 0 Å². The molecule has 102 valence electrons. The van der Waals surface area contributed by atoms with Gasteiger partial charge in [0.05, 0.1) is 12.1 Å². The summed E-state index contributed by atoms with van der Waals surface area (Å²) in [5, 5.41) is 15.5. The van der Waals surface area contributed by atoms with E-state index in [0.717, 1.165) is 10.7 Å². The predicted octanol–water partition coefficient (Wildman–Crippen LogP) is 2.00. The summed E-state index contributed by atoms with van der Waals surface area (Å²) in [6, 6.07) is 3.56. The van der Waals surface area contributed by atoms with Crippen LogP contribution in [0.4, 0.5) is 4.79 Å². The van der Waals surface area contributed by atoms with Gasteiger partial charge in [-0.15, -0.1) is 21.5 Å². The van der Waals surface area contributed by atoms with E-state index in [1.165, 1.54) is 0 Å². The highest BCUT2D eigenvalue weighted by atomic mass is 32.1. The van der Waals surface area contributed by atoms with Gasteiger partial charge in [-0.05, 0) is 25.3 Å². The molecule has 2 atom stereocenters. The fourth-order valence-electron chi connectivity index (χ4n) is 1.79. The van der Waals surface area contributed by atoms with Crippen molar-refractivity contribution in [1.82, 2.24) is 25.4 Å².